The summed E-state index contributed by atoms with van der Waals surface area (Å²) >= 11 is 0. The minimum atomic E-state index is 0.224. The van der Waals surface area contributed by atoms with E-state index in [1.54, 1.807) is 21.3 Å². The normalized spacial score (nSPS) is 11.4. The first-order valence-electron chi connectivity index (χ1n) is 6.86. The summed E-state index contributed by atoms with van der Waals surface area (Å²) in [6.07, 6.45) is 1.87. The Kier molecular flexibility index (Phi) is 6.38. The molecule has 0 fully saturated rings. The van der Waals surface area contributed by atoms with Crippen LogP contribution < -0.4 is 20.1 Å². The molecule has 2 aromatic rings. The van der Waals surface area contributed by atoms with Crippen molar-refractivity contribution in [2.45, 2.75) is 0 Å². The zero-order valence-corrected chi connectivity index (χ0v) is 14.0. The summed E-state index contributed by atoms with van der Waals surface area (Å²) in [6, 6.07) is 14.0. The van der Waals surface area contributed by atoms with Crippen LogP contribution in [0.3, 0.4) is 0 Å². The van der Waals surface area contributed by atoms with Crippen molar-refractivity contribution >= 4 is 25.4 Å². The molecular weight excluding hydrogens is 297 g/mol. The van der Waals surface area contributed by atoms with Crippen molar-refractivity contribution in [2.24, 2.45) is 4.99 Å². The molecule has 1 unspecified atom stereocenters. The molecule has 0 radical (unpaired) electrons. The zero-order chi connectivity index (χ0) is 15.8. The summed E-state index contributed by atoms with van der Waals surface area (Å²) in [5, 5.41) is 2.29. The molecule has 0 N–H and O–H groups in total. The van der Waals surface area contributed by atoms with Gasteiger partial charge in [-0.1, -0.05) is 32.8 Å². The largest absolute Gasteiger partial charge is 0.497 e. The molecule has 0 amide bonds. The standard InChI is InChI=1S/C17H20NO3P/c1-18-11-13-6-4-5-7-16(13)22-17-10-14(20-3)8-9-15(17)21-12-19-2/h4-11,22H,12H2,1-3H3. The number of hydrogen-bond donors (Lipinski definition) is 0. The highest BCUT2D eigenvalue weighted by atomic mass is 31.1. The van der Waals surface area contributed by atoms with Gasteiger partial charge in [0.1, 0.15) is 11.5 Å². The van der Waals surface area contributed by atoms with Gasteiger partial charge >= 0.3 is 0 Å². The third-order valence-electron chi connectivity index (χ3n) is 3.02. The van der Waals surface area contributed by atoms with Crippen LogP contribution in [0.25, 0.3) is 0 Å². The molecule has 2 aromatic carbocycles. The van der Waals surface area contributed by atoms with Gasteiger partial charge in [-0.05, 0) is 29.1 Å². The topological polar surface area (TPSA) is 40.0 Å². The van der Waals surface area contributed by atoms with E-state index in [2.05, 4.69) is 17.1 Å². The molecule has 0 spiro atoms. The summed E-state index contributed by atoms with van der Waals surface area (Å²) in [4.78, 5) is 4.12. The van der Waals surface area contributed by atoms with E-state index in [0.717, 1.165) is 22.4 Å². The first-order chi connectivity index (χ1) is 10.8. The van der Waals surface area contributed by atoms with Crippen molar-refractivity contribution in [3.8, 4) is 11.5 Å². The maximum atomic E-state index is 5.65. The van der Waals surface area contributed by atoms with Gasteiger partial charge in [0.15, 0.2) is 6.79 Å². The molecule has 0 aliphatic carbocycles. The van der Waals surface area contributed by atoms with Crippen LogP contribution >= 0.6 is 8.58 Å². The van der Waals surface area contributed by atoms with Crippen LogP contribution in [0.1, 0.15) is 5.56 Å². The summed E-state index contributed by atoms with van der Waals surface area (Å²) in [7, 11) is 5.49. The average molecular weight is 317 g/mol. The third kappa shape index (κ3) is 4.30. The molecule has 0 saturated heterocycles. The van der Waals surface area contributed by atoms with E-state index in [1.165, 1.54) is 5.30 Å². The van der Waals surface area contributed by atoms with Gasteiger partial charge in [-0.3, -0.25) is 4.99 Å². The Hall–Kier alpha value is -1.90. The van der Waals surface area contributed by atoms with Crippen molar-refractivity contribution in [1.82, 2.24) is 0 Å². The van der Waals surface area contributed by atoms with Gasteiger partial charge in [0.05, 0.1) is 7.11 Å². The SMILES string of the molecule is CN=Cc1ccccc1Pc1cc(OC)ccc1OCOC. The Balaban J connectivity index is 2.34. The average Bonchev–Trinajstić information content (AvgIpc) is 2.55. The van der Waals surface area contributed by atoms with Crippen LogP contribution in [0.4, 0.5) is 0 Å². The van der Waals surface area contributed by atoms with Crippen LogP contribution in [0.5, 0.6) is 11.5 Å². The lowest BCUT2D eigenvalue weighted by Gasteiger charge is -2.13. The Morgan fingerprint density at radius 2 is 1.91 bits per heavy atom. The van der Waals surface area contributed by atoms with Crippen LogP contribution in [0.2, 0.25) is 0 Å². The van der Waals surface area contributed by atoms with Crippen molar-refractivity contribution < 1.29 is 14.2 Å². The van der Waals surface area contributed by atoms with Crippen molar-refractivity contribution in [1.29, 1.82) is 0 Å². The van der Waals surface area contributed by atoms with Crippen LogP contribution in [0.15, 0.2) is 47.5 Å². The predicted molar refractivity (Wildman–Crippen MR) is 93.0 cm³/mol. The van der Waals surface area contributed by atoms with Crippen LogP contribution in [-0.2, 0) is 4.74 Å². The van der Waals surface area contributed by atoms with E-state index in [-0.39, 0.29) is 6.79 Å². The molecule has 0 aliphatic heterocycles. The fraction of sp³-hybridized carbons (Fsp3) is 0.235. The molecule has 0 aromatic heterocycles. The number of hydrogen-bond acceptors (Lipinski definition) is 4. The van der Waals surface area contributed by atoms with E-state index < -0.39 is 0 Å². The lowest BCUT2D eigenvalue weighted by atomic mass is 10.2. The lowest BCUT2D eigenvalue weighted by molar-refractivity contribution is 0.0519. The van der Waals surface area contributed by atoms with Crippen LogP contribution in [-0.4, -0.2) is 34.3 Å². The molecule has 5 heteroatoms. The predicted octanol–water partition coefficient (Wildman–Crippen LogP) is 2.36. The molecular formula is C17H20NO3P. The lowest BCUT2D eigenvalue weighted by Crippen LogP contribution is -2.13. The summed E-state index contributed by atoms with van der Waals surface area (Å²) in [6.45, 7) is 0.224. The summed E-state index contributed by atoms with van der Waals surface area (Å²) in [5.74, 6) is 1.62. The molecule has 0 saturated carbocycles. The number of aliphatic imine (C=N–C) groups is 1. The fourth-order valence-corrected chi connectivity index (χ4v) is 3.24. The molecule has 0 heterocycles. The van der Waals surface area contributed by atoms with Crippen molar-refractivity contribution in [3.05, 3.63) is 48.0 Å². The highest BCUT2D eigenvalue weighted by Gasteiger charge is 2.09. The van der Waals surface area contributed by atoms with Crippen molar-refractivity contribution in [2.75, 3.05) is 28.1 Å². The van der Waals surface area contributed by atoms with E-state index >= 15 is 0 Å². The Labute approximate surface area is 132 Å². The van der Waals surface area contributed by atoms with E-state index in [1.807, 2.05) is 36.5 Å². The second-order valence-corrected chi connectivity index (χ2v) is 5.84. The quantitative estimate of drug-likeness (QED) is 0.447. The zero-order valence-electron chi connectivity index (χ0n) is 13.0. The van der Waals surface area contributed by atoms with E-state index in [0.29, 0.717) is 8.58 Å². The van der Waals surface area contributed by atoms with Gasteiger partial charge in [0.25, 0.3) is 0 Å². The fourth-order valence-electron chi connectivity index (χ4n) is 1.99. The minimum Gasteiger partial charge on any atom is -0.497 e. The third-order valence-corrected chi connectivity index (χ3v) is 4.40. The van der Waals surface area contributed by atoms with Gasteiger partial charge in [-0.25, -0.2) is 0 Å². The second-order valence-electron chi connectivity index (χ2n) is 4.51. The second kappa shape index (κ2) is 8.52. The number of methoxy groups -OCH3 is 2. The van der Waals surface area contributed by atoms with Gasteiger partial charge in [0.2, 0.25) is 0 Å². The maximum absolute atomic E-state index is 5.65. The molecule has 116 valence electrons. The first kappa shape index (κ1) is 16.5. The van der Waals surface area contributed by atoms with Gasteiger partial charge < -0.3 is 14.2 Å². The highest BCUT2D eigenvalue weighted by molar-refractivity contribution is 7.56. The van der Waals surface area contributed by atoms with Gasteiger partial charge in [0, 0.05) is 25.7 Å². The number of ether oxygens (including phenoxy) is 3. The Bertz CT molecular complexity index is 644. The molecule has 2 rings (SSSR count). The summed E-state index contributed by atoms with van der Waals surface area (Å²) in [5.41, 5.74) is 1.11. The molecule has 22 heavy (non-hydrogen) atoms. The highest BCUT2D eigenvalue weighted by Crippen LogP contribution is 2.24. The molecule has 4 nitrogen and oxygen atoms in total. The van der Waals surface area contributed by atoms with Crippen molar-refractivity contribution in [3.63, 3.8) is 0 Å². The summed E-state index contributed by atoms with van der Waals surface area (Å²) < 4.78 is 16.0. The minimum absolute atomic E-state index is 0.224. The smallest absolute Gasteiger partial charge is 0.188 e. The number of nitrogens with zero attached hydrogens (tertiary/aromatic N) is 1. The molecule has 0 aliphatic rings. The van der Waals surface area contributed by atoms with Crippen LogP contribution in [0, 0.1) is 0 Å². The Morgan fingerprint density at radius 3 is 2.64 bits per heavy atom. The number of rotatable bonds is 7. The molecule has 0 bridgehead atoms. The molecule has 1 atom stereocenters. The Morgan fingerprint density at radius 1 is 1.09 bits per heavy atom. The maximum Gasteiger partial charge on any atom is 0.188 e. The van der Waals surface area contributed by atoms with E-state index in [9.17, 15) is 0 Å². The van der Waals surface area contributed by atoms with Gasteiger partial charge in [-0.15, -0.1) is 0 Å². The monoisotopic (exact) mass is 317 g/mol. The first-order valence-corrected chi connectivity index (χ1v) is 7.86. The number of benzene rings is 2. The van der Waals surface area contributed by atoms with Gasteiger partial charge in [-0.2, -0.15) is 0 Å². The van der Waals surface area contributed by atoms with E-state index in [4.69, 9.17) is 14.2 Å².